The number of ether oxygens (including phenoxy) is 1. The second-order valence-corrected chi connectivity index (χ2v) is 7.02. The van der Waals surface area contributed by atoms with Crippen molar-refractivity contribution in [3.8, 4) is 0 Å². The quantitative estimate of drug-likeness (QED) is 0.915. The number of hydrogen-bond acceptors (Lipinski definition) is 4. The standard InChI is InChI=1S/C11H15BrN2O3S/c1-8-5-9(12)6-13-11(8)14-18(15,16)7-10-3-2-4-17-10/h5-6,10H,2-4,7H2,1H3,(H,13,14). The number of sulfonamides is 1. The lowest BCUT2D eigenvalue weighted by Crippen LogP contribution is -2.26. The van der Waals surface area contributed by atoms with Crippen molar-refractivity contribution >= 4 is 31.8 Å². The van der Waals surface area contributed by atoms with Gasteiger partial charge in [0.1, 0.15) is 5.82 Å². The van der Waals surface area contributed by atoms with Crippen molar-refractivity contribution in [2.45, 2.75) is 25.9 Å². The third-order valence-corrected chi connectivity index (χ3v) is 4.48. The molecule has 1 N–H and O–H groups in total. The highest BCUT2D eigenvalue weighted by atomic mass is 79.9. The van der Waals surface area contributed by atoms with Crippen LogP contribution in [0.5, 0.6) is 0 Å². The predicted octanol–water partition coefficient (Wildman–Crippen LogP) is 2.07. The topological polar surface area (TPSA) is 68.3 Å². The summed E-state index contributed by atoms with van der Waals surface area (Å²) in [5, 5.41) is 0. The second kappa shape index (κ2) is 5.54. The van der Waals surface area contributed by atoms with E-state index in [1.54, 1.807) is 6.20 Å². The molecule has 0 amide bonds. The number of rotatable bonds is 4. The summed E-state index contributed by atoms with van der Waals surface area (Å²) >= 11 is 3.29. The van der Waals surface area contributed by atoms with Gasteiger partial charge in [-0.25, -0.2) is 13.4 Å². The highest BCUT2D eigenvalue weighted by Crippen LogP contribution is 2.19. The van der Waals surface area contributed by atoms with Gasteiger partial charge in [0, 0.05) is 17.3 Å². The average molecular weight is 335 g/mol. The van der Waals surface area contributed by atoms with Gasteiger partial charge in [-0.1, -0.05) is 0 Å². The van der Waals surface area contributed by atoms with Crippen LogP contribution in [0.25, 0.3) is 0 Å². The van der Waals surface area contributed by atoms with E-state index in [-0.39, 0.29) is 11.9 Å². The van der Waals surface area contributed by atoms with Gasteiger partial charge in [0.25, 0.3) is 0 Å². The Bertz CT molecular complexity index is 527. The number of nitrogens with zero attached hydrogens (tertiary/aromatic N) is 1. The van der Waals surface area contributed by atoms with Gasteiger partial charge in [-0.3, -0.25) is 4.72 Å². The average Bonchev–Trinajstić information content (AvgIpc) is 2.74. The monoisotopic (exact) mass is 334 g/mol. The Hall–Kier alpha value is -0.660. The molecule has 0 bridgehead atoms. The molecular formula is C11H15BrN2O3S. The van der Waals surface area contributed by atoms with E-state index in [2.05, 4.69) is 25.6 Å². The number of anilines is 1. The van der Waals surface area contributed by atoms with Crippen LogP contribution in [0.15, 0.2) is 16.7 Å². The molecule has 1 aromatic heterocycles. The highest BCUT2D eigenvalue weighted by molar-refractivity contribution is 9.10. The molecule has 2 rings (SSSR count). The molecule has 2 heterocycles. The summed E-state index contributed by atoms with van der Waals surface area (Å²) in [4.78, 5) is 4.06. The van der Waals surface area contributed by atoms with Crippen LogP contribution in [0.4, 0.5) is 5.82 Å². The van der Waals surface area contributed by atoms with E-state index < -0.39 is 10.0 Å². The fourth-order valence-corrected chi connectivity index (χ4v) is 3.65. The zero-order valence-corrected chi connectivity index (χ0v) is 12.4. The molecular weight excluding hydrogens is 320 g/mol. The third-order valence-electron chi connectivity index (χ3n) is 2.73. The molecule has 1 fully saturated rings. The number of nitrogens with one attached hydrogen (secondary N) is 1. The number of pyridine rings is 1. The van der Waals surface area contributed by atoms with Crippen LogP contribution in [0.3, 0.4) is 0 Å². The van der Waals surface area contributed by atoms with E-state index in [0.29, 0.717) is 12.4 Å². The summed E-state index contributed by atoms with van der Waals surface area (Å²) < 4.78 is 32.6. The molecule has 1 unspecified atom stereocenters. The maximum atomic E-state index is 12.0. The minimum atomic E-state index is -3.41. The van der Waals surface area contributed by atoms with Crippen LogP contribution in [0.1, 0.15) is 18.4 Å². The largest absolute Gasteiger partial charge is 0.377 e. The number of halogens is 1. The van der Waals surface area contributed by atoms with E-state index in [4.69, 9.17) is 4.74 Å². The van der Waals surface area contributed by atoms with E-state index in [0.717, 1.165) is 22.9 Å². The van der Waals surface area contributed by atoms with Gasteiger partial charge >= 0.3 is 0 Å². The Kier molecular flexibility index (Phi) is 4.24. The van der Waals surface area contributed by atoms with Crippen LogP contribution in [0, 0.1) is 6.92 Å². The highest BCUT2D eigenvalue weighted by Gasteiger charge is 2.23. The SMILES string of the molecule is Cc1cc(Br)cnc1NS(=O)(=O)CC1CCCO1. The van der Waals surface area contributed by atoms with Crippen molar-refractivity contribution < 1.29 is 13.2 Å². The minimum absolute atomic E-state index is 0.00974. The van der Waals surface area contributed by atoms with Crippen LogP contribution < -0.4 is 4.72 Å². The molecule has 100 valence electrons. The first-order chi connectivity index (χ1) is 8.46. The molecule has 1 saturated heterocycles. The van der Waals surface area contributed by atoms with Crippen molar-refractivity contribution in [1.29, 1.82) is 0 Å². The Morgan fingerprint density at radius 3 is 3.00 bits per heavy atom. The van der Waals surface area contributed by atoms with Crippen LogP contribution in [0.2, 0.25) is 0 Å². The second-order valence-electron chi connectivity index (χ2n) is 4.34. The zero-order valence-electron chi connectivity index (χ0n) is 10.0. The minimum Gasteiger partial charge on any atom is -0.377 e. The predicted molar refractivity (Wildman–Crippen MR) is 73.1 cm³/mol. The summed E-state index contributed by atoms with van der Waals surface area (Å²) in [6, 6.07) is 1.82. The summed E-state index contributed by atoms with van der Waals surface area (Å²) in [7, 11) is -3.41. The van der Waals surface area contributed by atoms with Crippen molar-refractivity contribution in [2.75, 3.05) is 17.1 Å². The summed E-state index contributed by atoms with van der Waals surface area (Å²) in [6.07, 6.45) is 3.10. The van der Waals surface area contributed by atoms with Crippen molar-refractivity contribution in [3.63, 3.8) is 0 Å². The summed E-state index contributed by atoms with van der Waals surface area (Å²) in [5.74, 6) is 0.362. The first kappa shape index (κ1) is 13.8. The molecule has 1 aromatic rings. The fraction of sp³-hybridized carbons (Fsp3) is 0.545. The van der Waals surface area contributed by atoms with Gasteiger partial charge in [0.2, 0.25) is 10.0 Å². The van der Waals surface area contributed by atoms with Crippen LogP contribution >= 0.6 is 15.9 Å². The number of hydrogen-bond donors (Lipinski definition) is 1. The fourth-order valence-electron chi connectivity index (χ4n) is 1.86. The van der Waals surface area contributed by atoms with E-state index in [1.807, 2.05) is 13.0 Å². The van der Waals surface area contributed by atoms with E-state index in [9.17, 15) is 8.42 Å². The molecule has 18 heavy (non-hydrogen) atoms. The Labute approximate surface area is 115 Å². The lowest BCUT2D eigenvalue weighted by atomic mass is 10.3. The van der Waals surface area contributed by atoms with Gasteiger partial charge in [0.15, 0.2) is 0 Å². The van der Waals surface area contributed by atoms with E-state index >= 15 is 0 Å². The molecule has 0 spiro atoms. The molecule has 1 aliphatic rings. The van der Waals surface area contributed by atoms with Gasteiger partial charge in [-0.15, -0.1) is 0 Å². The third kappa shape index (κ3) is 3.66. The van der Waals surface area contributed by atoms with Crippen molar-refractivity contribution in [3.05, 3.63) is 22.3 Å². The lowest BCUT2D eigenvalue weighted by molar-refractivity contribution is 0.127. The Morgan fingerprint density at radius 2 is 2.39 bits per heavy atom. The molecule has 0 aliphatic carbocycles. The van der Waals surface area contributed by atoms with Crippen molar-refractivity contribution in [1.82, 2.24) is 4.98 Å². The first-order valence-electron chi connectivity index (χ1n) is 5.70. The van der Waals surface area contributed by atoms with Crippen molar-refractivity contribution in [2.24, 2.45) is 0 Å². The molecule has 7 heteroatoms. The van der Waals surface area contributed by atoms with Crippen LogP contribution in [-0.2, 0) is 14.8 Å². The van der Waals surface area contributed by atoms with Crippen LogP contribution in [-0.4, -0.2) is 31.9 Å². The lowest BCUT2D eigenvalue weighted by Gasteiger charge is -2.12. The zero-order chi connectivity index (χ0) is 13.2. The number of aryl methyl sites for hydroxylation is 1. The Balaban J connectivity index is 2.07. The molecule has 0 aromatic carbocycles. The smallest absolute Gasteiger partial charge is 0.236 e. The maximum Gasteiger partial charge on any atom is 0.236 e. The van der Waals surface area contributed by atoms with Gasteiger partial charge in [-0.2, -0.15) is 0 Å². The Morgan fingerprint density at radius 1 is 1.61 bits per heavy atom. The molecule has 0 saturated carbocycles. The molecule has 1 aliphatic heterocycles. The van der Waals surface area contributed by atoms with Gasteiger partial charge in [-0.05, 0) is 47.3 Å². The number of aromatic nitrogens is 1. The molecule has 0 radical (unpaired) electrons. The first-order valence-corrected chi connectivity index (χ1v) is 8.15. The molecule has 5 nitrogen and oxygen atoms in total. The van der Waals surface area contributed by atoms with E-state index in [1.165, 1.54) is 0 Å². The van der Waals surface area contributed by atoms with Gasteiger partial charge < -0.3 is 4.74 Å². The maximum absolute atomic E-state index is 12.0. The molecule has 1 atom stereocenters. The summed E-state index contributed by atoms with van der Waals surface area (Å²) in [5.41, 5.74) is 0.778. The van der Waals surface area contributed by atoms with Gasteiger partial charge in [0.05, 0.1) is 11.9 Å². The summed E-state index contributed by atoms with van der Waals surface area (Å²) in [6.45, 7) is 2.46. The normalized spacial score (nSPS) is 20.0.